The molecule has 0 saturated carbocycles. The minimum absolute atomic E-state index is 0.0610. The molecule has 70 valence electrons. The third-order valence-electron chi connectivity index (χ3n) is 1.49. The Morgan fingerprint density at radius 2 is 2.31 bits per heavy atom. The Morgan fingerprint density at radius 1 is 1.54 bits per heavy atom. The van der Waals surface area contributed by atoms with Gasteiger partial charge < -0.3 is 5.32 Å². The first-order valence-electron chi connectivity index (χ1n) is 3.96. The van der Waals surface area contributed by atoms with Gasteiger partial charge in [0.25, 0.3) is 0 Å². The number of hydrogen-bond donors (Lipinski definition) is 1. The fourth-order valence-electron chi connectivity index (χ4n) is 0.816. The molecule has 1 heterocycles. The summed E-state index contributed by atoms with van der Waals surface area (Å²) in [4.78, 5) is 25.5. The van der Waals surface area contributed by atoms with Crippen LogP contribution in [0.3, 0.4) is 0 Å². The van der Waals surface area contributed by atoms with Crippen LogP contribution in [0.5, 0.6) is 0 Å². The Hall–Kier alpha value is -1.65. The summed E-state index contributed by atoms with van der Waals surface area (Å²) in [6.45, 7) is 1.86. The molecule has 1 N–H and O–H groups in total. The van der Waals surface area contributed by atoms with Crippen molar-refractivity contribution in [2.45, 2.75) is 13.3 Å². The lowest BCUT2D eigenvalue weighted by molar-refractivity contribution is -0.116. The van der Waals surface area contributed by atoms with Gasteiger partial charge in [0.15, 0.2) is 0 Å². The molecule has 0 aromatic carbocycles. The van der Waals surface area contributed by atoms with Crippen molar-refractivity contribution in [1.82, 2.24) is 14.9 Å². The average Bonchev–Trinajstić information content (AvgIpc) is 2.55. The number of Topliss-reactive ketones (excluding diaryl/α,β-unsaturated/α-hetero) is 1. The molecule has 0 atom stereocenters. The summed E-state index contributed by atoms with van der Waals surface area (Å²) in [5.74, 6) is 0.0610. The second-order valence-corrected chi connectivity index (χ2v) is 2.65. The molecule has 0 unspecified atom stereocenters. The summed E-state index contributed by atoms with van der Waals surface area (Å²) in [5.41, 5.74) is 0. The summed E-state index contributed by atoms with van der Waals surface area (Å²) in [5, 5.41) is 2.58. The number of nitrogens with one attached hydrogen (secondary N) is 1. The van der Waals surface area contributed by atoms with Crippen LogP contribution in [0.2, 0.25) is 0 Å². The first-order valence-corrected chi connectivity index (χ1v) is 3.96. The van der Waals surface area contributed by atoms with Crippen LogP contribution in [-0.4, -0.2) is 27.9 Å². The third-order valence-corrected chi connectivity index (χ3v) is 1.49. The normalized spacial score (nSPS) is 9.62. The lowest BCUT2D eigenvalue weighted by atomic mass is 10.3. The van der Waals surface area contributed by atoms with Gasteiger partial charge in [-0.15, -0.1) is 0 Å². The molecule has 0 fully saturated rings. The lowest BCUT2D eigenvalue weighted by Gasteiger charge is -2.02. The molecule has 0 bridgehead atoms. The SMILES string of the molecule is CC(=O)CCNC(=O)n1ccnc1. The zero-order valence-electron chi connectivity index (χ0n) is 7.36. The number of carbonyl (C=O) groups is 2. The molecule has 1 aromatic heterocycles. The highest BCUT2D eigenvalue weighted by molar-refractivity contribution is 5.78. The Balaban J connectivity index is 2.31. The predicted octanol–water partition coefficient (Wildman–Crippen LogP) is 0.420. The highest BCUT2D eigenvalue weighted by Crippen LogP contribution is 1.85. The largest absolute Gasteiger partial charge is 0.337 e. The van der Waals surface area contributed by atoms with E-state index in [0.717, 1.165) is 0 Å². The number of nitrogens with zero attached hydrogens (tertiary/aromatic N) is 2. The van der Waals surface area contributed by atoms with Crippen LogP contribution in [-0.2, 0) is 4.79 Å². The highest BCUT2D eigenvalue weighted by atomic mass is 16.2. The monoisotopic (exact) mass is 181 g/mol. The Labute approximate surface area is 75.8 Å². The molecule has 1 amide bonds. The number of hydrogen-bond acceptors (Lipinski definition) is 3. The minimum atomic E-state index is -0.265. The van der Waals surface area contributed by atoms with Gasteiger partial charge in [-0.3, -0.25) is 9.36 Å². The summed E-state index contributed by atoms with van der Waals surface area (Å²) in [7, 11) is 0. The van der Waals surface area contributed by atoms with Gasteiger partial charge in [-0.1, -0.05) is 0 Å². The van der Waals surface area contributed by atoms with Crippen molar-refractivity contribution in [2.75, 3.05) is 6.54 Å². The maximum absolute atomic E-state index is 11.2. The van der Waals surface area contributed by atoms with E-state index in [1.807, 2.05) is 0 Å². The van der Waals surface area contributed by atoms with E-state index in [9.17, 15) is 9.59 Å². The predicted molar refractivity (Wildman–Crippen MR) is 46.3 cm³/mol. The van der Waals surface area contributed by atoms with Crippen molar-refractivity contribution in [3.8, 4) is 0 Å². The van der Waals surface area contributed by atoms with Crippen molar-refractivity contribution in [3.63, 3.8) is 0 Å². The average molecular weight is 181 g/mol. The number of aromatic nitrogens is 2. The van der Waals surface area contributed by atoms with Crippen molar-refractivity contribution in [2.24, 2.45) is 0 Å². The van der Waals surface area contributed by atoms with E-state index in [2.05, 4.69) is 10.3 Å². The Bertz CT molecular complexity index is 292. The number of amides is 1. The van der Waals surface area contributed by atoms with Crippen LogP contribution >= 0.6 is 0 Å². The molecule has 5 nitrogen and oxygen atoms in total. The van der Waals surface area contributed by atoms with Crippen molar-refractivity contribution >= 4 is 11.8 Å². The molecule has 0 aliphatic rings. The molecular formula is C8H11N3O2. The van der Waals surface area contributed by atoms with E-state index in [1.165, 1.54) is 24.0 Å². The van der Waals surface area contributed by atoms with Crippen LogP contribution in [0, 0.1) is 0 Å². The van der Waals surface area contributed by atoms with Crippen LogP contribution in [0.25, 0.3) is 0 Å². The first kappa shape index (κ1) is 9.44. The molecular weight excluding hydrogens is 170 g/mol. The molecule has 0 radical (unpaired) electrons. The standard InChI is InChI=1S/C8H11N3O2/c1-7(12)2-3-10-8(13)11-5-4-9-6-11/h4-6H,2-3H2,1H3,(H,10,13). The number of rotatable bonds is 3. The van der Waals surface area contributed by atoms with Crippen molar-refractivity contribution in [1.29, 1.82) is 0 Å². The maximum atomic E-state index is 11.2. The first-order chi connectivity index (χ1) is 6.20. The smallest absolute Gasteiger partial charge is 0.326 e. The summed E-state index contributed by atoms with van der Waals surface area (Å²) < 4.78 is 1.32. The number of carbonyl (C=O) groups excluding carboxylic acids is 2. The van der Waals surface area contributed by atoms with E-state index < -0.39 is 0 Å². The molecule has 0 aliphatic heterocycles. The topological polar surface area (TPSA) is 64.0 Å². The quantitative estimate of drug-likeness (QED) is 0.735. The Kier molecular flexibility index (Phi) is 3.19. The van der Waals surface area contributed by atoms with Crippen molar-refractivity contribution < 1.29 is 9.59 Å². The van der Waals surface area contributed by atoms with E-state index in [4.69, 9.17) is 0 Å². The van der Waals surface area contributed by atoms with E-state index in [1.54, 1.807) is 6.20 Å². The van der Waals surface area contributed by atoms with E-state index in [-0.39, 0.29) is 11.8 Å². The number of ketones is 1. The van der Waals surface area contributed by atoms with Gasteiger partial charge in [-0.2, -0.15) is 0 Å². The van der Waals surface area contributed by atoms with E-state index in [0.29, 0.717) is 13.0 Å². The van der Waals surface area contributed by atoms with Gasteiger partial charge in [0.2, 0.25) is 0 Å². The van der Waals surface area contributed by atoms with E-state index >= 15 is 0 Å². The summed E-state index contributed by atoms with van der Waals surface area (Å²) >= 11 is 0. The van der Waals surface area contributed by atoms with Gasteiger partial charge in [0.05, 0.1) is 0 Å². The summed E-state index contributed by atoms with van der Waals surface area (Å²) in [6, 6.07) is -0.265. The van der Waals surface area contributed by atoms with Crippen LogP contribution in [0.1, 0.15) is 13.3 Å². The van der Waals surface area contributed by atoms with Gasteiger partial charge in [0, 0.05) is 25.4 Å². The van der Waals surface area contributed by atoms with Gasteiger partial charge in [-0.05, 0) is 6.92 Å². The second-order valence-electron chi connectivity index (χ2n) is 2.65. The molecule has 0 aliphatic carbocycles. The third kappa shape index (κ3) is 3.06. The van der Waals surface area contributed by atoms with Gasteiger partial charge in [0.1, 0.15) is 12.1 Å². The molecule has 0 spiro atoms. The molecule has 0 saturated heterocycles. The fraction of sp³-hybridized carbons (Fsp3) is 0.375. The Morgan fingerprint density at radius 3 is 2.85 bits per heavy atom. The van der Waals surface area contributed by atoms with Crippen LogP contribution in [0.4, 0.5) is 4.79 Å². The molecule has 1 rings (SSSR count). The van der Waals surface area contributed by atoms with Crippen LogP contribution < -0.4 is 5.32 Å². The maximum Gasteiger partial charge on any atom is 0.326 e. The van der Waals surface area contributed by atoms with Crippen molar-refractivity contribution in [3.05, 3.63) is 18.7 Å². The summed E-state index contributed by atoms with van der Waals surface area (Å²) in [6.07, 6.45) is 4.83. The zero-order chi connectivity index (χ0) is 9.68. The molecule has 5 heteroatoms. The number of imidazole rings is 1. The van der Waals surface area contributed by atoms with Gasteiger partial charge in [-0.25, -0.2) is 9.78 Å². The van der Waals surface area contributed by atoms with Gasteiger partial charge >= 0.3 is 6.03 Å². The molecule has 13 heavy (non-hydrogen) atoms. The fourth-order valence-corrected chi connectivity index (χ4v) is 0.816. The second kappa shape index (κ2) is 4.39. The minimum Gasteiger partial charge on any atom is -0.337 e. The highest BCUT2D eigenvalue weighted by Gasteiger charge is 2.01. The van der Waals surface area contributed by atoms with Crippen LogP contribution in [0.15, 0.2) is 18.7 Å². The zero-order valence-corrected chi connectivity index (χ0v) is 7.36. The lowest BCUT2D eigenvalue weighted by Crippen LogP contribution is -2.29. The molecule has 1 aromatic rings.